The predicted octanol–water partition coefficient (Wildman–Crippen LogP) is 3.53. The maximum atomic E-state index is 6.17. The normalized spacial score (nSPS) is 10.7. The van der Waals surface area contributed by atoms with E-state index in [1.807, 2.05) is 19.9 Å². The highest BCUT2D eigenvalue weighted by atomic mass is 35.5. The van der Waals surface area contributed by atoms with E-state index in [1.165, 1.54) is 0 Å². The van der Waals surface area contributed by atoms with Crippen LogP contribution in [0.3, 0.4) is 0 Å². The van der Waals surface area contributed by atoms with Crippen LogP contribution in [0.1, 0.15) is 29.6 Å². The van der Waals surface area contributed by atoms with Crippen molar-refractivity contribution in [3.05, 3.63) is 50.9 Å². The minimum absolute atomic E-state index is 0.470. The van der Waals surface area contributed by atoms with Crippen LogP contribution in [0.25, 0.3) is 0 Å². The lowest BCUT2D eigenvalue weighted by Crippen LogP contribution is -2.15. The molecule has 0 unspecified atom stereocenters. The molecule has 2 aromatic rings. The SMILES string of the molecule is CCc1c(C)nc(Cc2c(Cl)cccc2Cl)nc1NN. The van der Waals surface area contributed by atoms with Crippen LogP contribution in [-0.2, 0) is 12.8 Å². The molecule has 0 radical (unpaired) electrons. The van der Waals surface area contributed by atoms with Gasteiger partial charge in [0.05, 0.1) is 0 Å². The van der Waals surface area contributed by atoms with Crippen molar-refractivity contribution in [2.75, 3.05) is 5.43 Å². The number of nitrogens with one attached hydrogen (secondary N) is 1. The molecule has 0 aliphatic rings. The third kappa shape index (κ3) is 3.03. The number of nitrogens with zero attached hydrogens (tertiary/aromatic N) is 2. The van der Waals surface area contributed by atoms with Gasteiger partial charge in [-0.3, -0.25) is 0 Å². The number of aromatic nitrogens is 2. The zero-order valence-corrected chi connectivity index (χ0v) is 12.9. The van der Waals surface area contributed by atoms with Crippen molar-refractivity contribution < 1.29 is 0 Å². The maximum Gasteiger partial charge on any atom is 0.147 e. The summed E-state index contributed by atoms with van der Waals surface area (Å²) >= 11 is 12.3. The molecule has 4 nitrogen and oxygen atoms in total. The fourth-order valence-electron chi connectivity index (χ4n) is 2.14. The fraction of sp³-hybridized carbons (Fsp3) is 0.286. The van der Waals surface area contributed by atoms with Crippen LogP contribution in [0, 0.1) is 6.92 Å². The van der Waals surface area contributed by atoms with Gasteiger partial charge in [-0.15, -0.1) is 0 Å². The Balaban J connectivity index is 2.42. The first kappa shape index (κ1) is 15.0. The van der Waals surface area contributed by atoms with Crippen LogP contribution < -0.4 is 11.3 Å². The lowest BCUT2D eigenvalue weighted by molar-refractivity contribution is 0.904. The number of hydrogen-bond donors (Lipinski definition) is 2. The lowest BCUT2D eigenvalue weighted by Gasteiger charge is -2.12. The van der Waals surface area contributed by atoms with E-state index < -0.39 is 0 Å². The quantitative estimate of drug-likeness (QED) is 0.670. The summed E-state index contributed by atoms with van der Waals surface area (Å²) in [5, 5.41) is 1.22. The molecule has 1 heterocycles. The van der Waals surface area contributed by atoms with Crippen LogP contribution >= 0.6 is 23.2 Å². The second kappa shape index (κ2) is 6.39. The molecule has 0 aliphatic heterocycles. The molecule has 0 atom stereocenters. The minimum Gasteiger partial charge on any atom is -0.308 e. The Bertz CT molecular complexity index is 609. The number of aryl methyl sites for hydroxylation is 1. The summed E-state index contributed by atoms with van der Waals surface area (Å²) in [6, 6.07) is 5.42. The molecule has 2 rings (SSSR count). The Morgan fingerprint density at radius 3 is 2.35 bits per heavy atom. The van der Waals surface area contributed by atoms with Gasteiger partial charge in [0.1, 0.15) is 11.6 Å². The van der Waals surface area contributed by atoms with Gasteiger partial charge in [-0.2, -0.15) is 0 Å². The molecule has 0 amide bonds. The van der Waals surface area contributed by atoms with Crippen molar-refractivity contribution in [3.63, 3.8) is 0 Å². The van der Waals surface area contributed by atoms with Gasteiger partial charge in [-0.1, -0.05) is 36.2 Å². The van der Waals surface area contributed by atoms with Crippen LogP contribution in [0.4, 0.5) is 5.82 Å². The molecular weight excluding hydrogens is 295 g/mol. The summed E-state index contributed by atoms with van der Waals surface area (Å²) < 4.78 is 0. The number of rotatable bonds is 4. The van der Waals surface area contributed by atoms with Crippen LogP contribution in [0.2, 0.25) is 10.0 Å². The summed E-state index contributed by atoms with van der Waals surface area (Å²) in [7, 11) is 0. The van der Waals surface area contributed by atoms with E-state index in [9.17, 15) is 0 Å². The number of nitrogens with two attached hydrogens (primary N) is 1. The summed E-state index contributed by atoms with van der Waals surface area (Å²) in [4.78, 5) is 8.94. The van der Waals surface area contributed by atoms with Crippen LogP contribution in [-0.4, -0.2) is 9.97 Å². The number of hydrogen-bond acceptors (Lipinski definition) is 4. The average Bonchev–Trinajstić information content (AvgIpc) is 2.42. The van der Waals surface area contributed by atoms with Crippen molar-refractivity contribution in [2.24, 2.45) is 5.84 Å². The third-order valence-electron chi connectivity index (χ3n) is 3.15. The molecule has 106 valence electrons. The molecule has 0 saturated heterocycles. The van der Waals surface area contributed by atoms with Gasteiger partial charge in [0.25, 0.3) is 0 Å². The number of benzene rings is 1. The van der Waals surface area contributed by atoms with E-state index >= 15 is 0 Å². The van der Waals surface area contributed by atoms with Crippen LogP contribution in [0.5, 0.6) is 0 Å². The highest BCUT2D eigenvalue weighted by molar-refractivity contribution is 6.36. The Morgan fingerprint density at radius 1 is 1.15 bits per heavy atom. The van der Waals surface area contributed by atoms with Gasteiger partial charge >= 0.3 is 0 Å². The van der Waals surface area contributed by atoms with E-state index in [0.29, 0.717) is 28.1 Å². The van der Waals surface area contributed by atoms with Crippen molar-refractivity contribution >= 4 is 29.0 Å². The molecule has 20 heavy (non-hydrogen) atoms. The van der Waals surface area contributed by atoms with E-state index in [4.69, 9.17) is 29.0 Å². The molecule has 0 spiro atoms. The third-order valence-corrected chi connectivity index (χ3v) is 3.86. The van der Waals surface area contributed by atoms with Gasteiger partial charge in [0.2, 0.25) is 0 Å². The first-order valence-corrected chi connectivity index (χ1v) is 7.08. The standard InChI is InChI=1S/C14H16Cl2N4/c1-3-9-8(2)18-13(19-14(9)20-17)7-10-11(15)5-4-6-12(10)16/h4-6H,3,7,17H2,1-2H3,(H,18,19,20). The second-order valence-corrected chi connectivity index (χ2v) is 5.24. The number of anilines is 1. The predicted molar refractivity (Wildman–Crippen MR) is 83.2 cm³/mol. The summed E-state index contributed by atoms with van der Waals surface area (Å²) in [5.41, 5.74) is 5.37. The van der Waals surface area contributed by atoms with Crippen molar-refractivity contribution in [2.45, 2.75) is 26.7 Å². The molecule has 1 aromatic carbocycles. The molecule has 0 aliphatic carbocycles. The first-order valence-electron chi connectivity index (χ1n) is 6.32. The topological polar surface area (TPSA) is 63.8 Å². The molecule has 6 heteroatoms. The Labute approximate surface area is 128 Å². The smallest absolute Gasteiger partial charge is 0.147 e. The molecule has 3 N–H and O–H groups in total. The van der Waals surface area contributed by atoms with Crippen molar-refractivity contribution in [1.29, 1.82) is 0 Å². The Morgan fingerprint density at radius 2 is 1.80 bits per heavy atom. The van der Waals surface area contributed by atoms with Gasteiger partial charge in [0.15, 0.2) is 0 Å². The highest BCUT2D eigenvalue weighted by Gasteiger charge is 2.13. The van der Waals surface area contributed by atoms with E-state index in [1.54, 1.807) is 12.1 Å². The molecule has 1 aromatic heterocycles. The maximum absolute atomic E-state index is 6.17. The zero-order valence-electron chi connectivity index (χ0n) is 11.4. The van der Waals surface area contributed by atoms with Crippen molar-refractivity contribution in [1.82, 2.24) is 9.97 Å². The minimum atomic E-state index is 0.470. The number of halogens is 2. The van der Waals surface area contributed by atoms with Gasteiger partial charge < -0.3 is 5.43 Å². The zero-order chi connectivity index (χ0) is 14.7. The summed E-state index contributed by atoms with van der Waals surface area (Å²) in [5.74, 6) is 6.82. The summed E-state index contributed by atoms with van der Waals surface area (Å²) in [6.45, 7) is 3.98. The van der Waals surface area contributed by atoms with Gasteiger partial charge in [-0.05, 0) is 31.0 Å². The summed E-state index contributed by atoms with van der Waals surface area (Å²) in [6.07, 6.45) is 1.29. The fourth-order valence-corrected chi connectivity index (χ4v) is 2.67. The second-order valence-electron chi connectivity index (χ2n) is 4.43. The number of nitrogen functional groups attached to an aromatic ring is 1. The lowest BCUT2D eigenvalue weighted by atomic mass is 10.1. The number of hydrazine groups is 1. The molecular formula is C14H16Cl2N4. The Hall–Kier alpha value is -1.36. The average molecular weight is 311 g/mol. The monoisotopic (exact) mass is 310 g/mol. The van der Waals surface area contributed by atoms with E-state index in [0.717, 1.165) is 23.2 Å². The molecule has 0 bridgehead atoms. The van der Waals surface area contributed by atoms with E-state index in [2.05, 4.69) is 15.4 Å². The van der Waals surface area contributed by atoms with Crippen LogP contribution in [0.15, 0.2) is 18.2 Å². The molecule has 0 fully saturated rings. The largest absolute Gasteiger partial charge is 0.308 e. The Kier molecular flexibility index (Phi) is 4.81. The van der Waals surface area contributed by atoms with E-state index in [-0.39, 0.29) is 0 Å². The first-order chi connectivity index (χ1) is 9.56. The van der Waals surface area contributed by atoms with Gasteiger partial charge in [0, 0.05) is 27.7 Å². The van der Waals surface area contributed by atoms with Crippen molar-refractivity contribution in [3.8, 4) is 0 Å². The molecule has 0 saturated carbocycles. The van der Waals surface area contributed by atoms with Gasteiger partial charge in [-0.25, -0.2) is 15.8 Å². The highest BCUT2D eigenvalue weighted by Crippen LogP contribution is 2.27.